The Bertz CT molecular complexity index is 616. The third kappa shape index (κ3) is 4.43. The number of nitrogens with two attached hydrogens (primary N) is 1. The number of benzene rings is 1. The smallest absolute Gasteiger partial charge is 0.273 e. The van der Waals surface area contributed by atoms with Crippen LogP contribution < -0.4 is 5.73 Å². The fourth-order valence-electron chi connectivity index (χ4n) is 1.97. The zero-order valence-electron chi connectivity index (χ0n) is 12.5. The van der Waals surface area contributed by atoms with E-state index in [1.54, 1.807) is 17.3 Å². The van der Waals surface area contributed by atoms with Crippen molar-refractivity contribution in [3.63, 3.8) is 0 Å². The number of thiazole rings is 1. The average molecular weight is 360 g/mol. The molecule has 120 valence electrons. The van der Waals surface area contributed by atoms with Gasteiger partial charge in [-0.2, -0.15) is 0 Å². The molecule has 0 saturated carbocycles. The van der Waals surface area contributed by atoms with E-state index in [-0.39, 0.29) is 24.4 Å². The fraction of sp³-hybridized carbons (Fsp3) is 0.333. The lowest BCUT2D eigenvalue weighted by Crippen LogP contribution is -2.29. The van der Waals surface area contributed by atoms with Crippen molar-refractivity contribution >= 4 is 41.3 Å². The topological polar surface area (TPSA) is 59.2 Å². The highest BCUT2D eigenvalue weighted by molar-refractivity contribution is 7.09. The highest BCUT2D eigenvalue weighted by Gasteiger charge is 2.21. The second-order valence-corrected chi connectivity index (χ2v) is 6.19. The van der Waals surface area contributed by atoms with E-state index >= 15 is 0 Å². The molecule has 0 bridgehead atoms. The average Bonchev–Trinajstić information content (AvgIpc) is 2.95. The molecule has 0 radical (unpaired) electrons. The van der Waals surface area contributed by atoms with E-state index in [4.69, 9.17) is 17.3 Å². The molecule has 7 heteroatoms. The maximum atomic E-state index is 12.5. The molecule has 1 aromatic heterocycles. The summed E-state index contributed by atoms with van der Waals surface area (Å²) < 4.78 is 0. The summed E-state index contributed by atoms with van der Waals surface area (Å²) in [7, 11) is 1.78. The van der Waals surface area contributed by atoms with Crippen LogP contribution in [0.25, 0.3) is 0 Å². The molecule has 1 aromatic carbocycles. The van der Waals surface area contributed by atoms with Gasteiger partial charge in [0, 0.05) is 23.9 Å². The molecule has 22 heavy (non-hydrogen) atoms. The molecular weight excluding hydrogens is 341 g/mol. The largest absolute Gasteiger partial charge is 0.334 e. The van der Waals surface area contributed by atoms with E-state index in [2.05, 4.69) is 4.98 Å². The Kier molecular flexibility index (Phi) is 7.29. The second-order valence-electron chi connectivity index (χ2n) is 4.81. The zero-order chi connectivity index (χ0) is 15.4. The van der Waals surface area contributed by atoms with E-state index in [0.717, 1.165) is 10.6 Å². The molecular formula is C15H19Cl2N3OS. The number of hydrogen-bond acceptors (Lipinski definition) is 4. The summed E-state index contributed by atoms with van der Waals surface area (Å²) in [6.45, 7) is 2.52. The summed E-state index contributed by atoms with van der Waals surface area (Å²) in [5.41, 5.74) is 7.02. The van der Waals surface area contributed by atoms with Crippen molar-refractivity contribution < 1.29 is 4.79 Å². The number of carbonyl (C=O) groups is 1. The summed E-state index contributed by atoms with van der Waals surface area (Å²) in [5, 5.41) is 3.37. The number of rotatable bonds is 5. The predicted octanol–water partition coefficient (Wildman–Crippen LogP) is 3.55. The van der Waals surface area contributed by atoms with Crippen molar-refractivity contribution in [3.05, 3.63) is 50.9 Å². The molecule has 1 heterocycles. The Morgan fingerprint density at radius 2 is 2.05 bits per heavy atom. The Labute approximate surface area is 145 Å². The minimum Gasteiger partial charge on any atom is -0.334 e. The molecule has 4 nitrogen and oxygen atoms in total. The number of nitrogens with zero attached hydrogens (tertiary/aromatic N) is 2. The van der Waals surface area contributed by atoms with Crippen LogP contribution in [-0.4, -0.2) is 29.4 Å². The van der Waals surface area contributed by atoms with Crippen molar-refractivity contribution in [1.82, 2.24) is 9.88 Å². The Morgan fingerprint density at radius 3 is 2.64 bits per heavy atom. The van der Waals surface area contributed by atoms with Crippen LogP contribution in [-0.2, 0) is 6.42 Å². The fourth-order valence-corrected chi connectivity index (χ4v) is 2.88. The lowest BCUT2D eigenvalue weighted by atomic mass is 10.1. The van der Waals surface area contributed by atoms with Gasteiger partial charge in [0.05, 0.1) is 11.0 Å². The number of carbonyl (C=O) groups excluding carboxylic acids is 1. The first-order valence-electron chi connectivity index (χ1n) is 6.70. The van der Waals surface area contributed by atoms with Gasteiger partial charge in [-0.15, -0.1) is 23.7 Å². The normalized spacial score (nSPS) is 11.6. The van der Waals surface area contributed by atoms with Crippen molar-refractivity contribution in [2.45, 2.75) is 19.4 Å². The molecule has 0 fully saturated rings. The third-order valence-electron chi connectivity index (χ3n) is 3.38. The molecule has 0 aliphatic heterocycles. The summed E-state index contributed by atoms with van der Waals surface area (Å²) in [6, 6.07) is 7.46. The number of hydrogen-bond donors (Lipinski definition) is 1. The van der Waals surface area contributed by atoms with Crippen LogP contribution in [0.2, 0.25) is 5.02 Å². The van der Waals surface area contributed by atoms with Gasteiger partial charge in [-0.05, 0) is 31.2 Å². The van der Waals surface area contributed by atoms with E-state index in [0.29, 0.717) is 23.7 Å². The van der Waals surface area contributed by atoms with E-state index in [1.165, 1.54) is 11.3 Å². The van der Waals surface area contributed by atoms with E-state index in [1.807, 2.05) is 31.2 Å². The van der Waals surface area contributed by atoms with Gasteiger partial charge >= 0.3 is 0 Å². The minimum absolute atomic E-state index is 0. The number of halogens is 2. The van der Waals surface area contributed by atoms with Gasteiger partial charge in [0.1, 0.15) is 5.69 Å². The first kappa shape index (κ1) is 18.9. The van der Waals surface area contributed by atoms with Crippen molar-refractivity contribution in [3.8, 4) is 0 Å². The second kappa shape index (κ2) is 8.48. The number of amides is 1. The van der Waals surface area contributed by atoms with Gasteiger partial charge in [0.25, 0.3) is 5.91 Å². The molecule has 2 N–H and O–H groups in total. The van der Waals surface area contributed by atoms with Crippen LogP contribution in [0.5, 0.6) is 0 Å². The Balaban J connectivity index is 0.00000242. The molecule has 2 aromatic rings. The van der Waals surface area contributed by atoms with Crippen molar-refractivity contribution in [2.75, 3.05) is 13.6 Å². The molecule has 1 unspecified atom stereocenters. The van der Waals surface area contributed by atoms with Gasteiger partial charge in [-0.3, -0.25) is 4.79 Å². The minimum atomic E-state index is -0.0861. The van der Waals surface area contributed by atoms with E-state index < -0.39 is 0 Å². The molecule has 0 saturated heterocycles. The summed E-state index contributed by atoms with van der Waals surface area (Å²) in [5.74, 6) is -0.0861. The molecule has 2 rings (SSSR count). The van der Waals surface area contributed by atoms with Gasteiger partial charge < -0.3 is 10.6 Å². The summed E-state index contributed by atoms with van der Waals surface area (Å²) >= 11 is 7.36. The first-order chi connectivity index (χ1) is 10.0. The molecule has 0 aliphatic carbocycles. The molecule has 1 atom stereocenters. The SMILES string of the molecule is CC(c1ccc(Cl)cc1)N(C)C(=O)c1csc(CCN)n1.Cl. The van der Waals surface area contributed by atoms with Gasteiger partial charge in [0.2, 0.25) is 0 Å². The van der Waals surface area contributed by atoms with Gasteiger partial charge in [-0.25, -0.2) is 4.98 Å². The van der Waals surface area contributed by atoms with Crippen LogP contribution in [0.4, 0.5) is 0 Å². The van der Waals surface area contributed by atoms with Crippen LogP contribution in [0.1, 0.15) is 34.0 Å². The van der Waals surface area contributed by atoms with Crippen LogP contribution >= 0.6 is 35.3 Å². The van der Waals surface area contributed by atoms with E-state index in [9.17, 15) is 4.79 Å². The lowest BCUT2D eigenvalue weighted by Gasteiger charge is -2.24. The zero-order valence-corrected chi connectivity index (χ0v) is 14.8. The molecule has 1 amide bonds. The molecule has 0 aliphatic rings. The van der Waals surface area contributed by atoms with Crippen molar-refractivity contribution in [2.24, 2.45) is 5.73 Å². The standard InChI is InChI=1S/C15H18ClN3OS.ClH/c1-10(11-3-5-12(16)6-4-11)19(2)15(20)13-9-21-14(18-13)7-8-17;/h3-6,9-10H,7-8,17H2,1-2H3;1H. The quantitative estimate of drug-likeness (QED) is 0.887. The maximum Gasteiger partial charge on any atom is 0.273 e. The highest BCUT2D eigenvalue weighted by atomic mass is 35.5. The molecule has 0 spiro atoms. The lowest BCUT2D eigenvalue weighted by molar-refractivity contribution is 0.0737. The predicted molar refractivity (Wildman–Crippen MR) is 94.1 cm³/mol. The maximum absolute atomic E-state index is 12.5. The van der Waals surface area contributed by atoms with Crippen molar-refractivity contribution in [1.29, 1.82) is 0 Å². The van der Waals surface area contributed by atoms with Gasteiger partial charge in [-0.1, -0.05) is 23.7 Å². The Hall–Kier alpha value is -1.14. The highest BCUT2D eigenvalue weighted by Crippen LogP contribution is 2.23. The summed E-state index contributed by atoms with van der Waals surface area (Å²) in [4.78, 5) is 18.5. The monoisotopic (exact) mass is 359 g/mol. The number of aromatic nitrogens is 1. The van der Waals surface area contributed by atoms with Crippen LogP contribution in [0.3, 0.4) is 0 Å². The Morgan fingerprint density at radius 1 is 1.41 bits per heavy atom. The van der Waals surface area contributed by atoms with Crippen LogP contribution in [0.15, 0.2) is 29.6 Å². The summed E-state index contributed by atoms with van der Waals surface area (Å²) in [6.07, 6.45) is 0.703. The third-order valence-corrected chi connectivity index (χ3v) is 4.54. The first-order valence-corrected chi connectivity index (χ1v) is 7.95. The van der Waals surface area contributed by atoms with Crippen LogP contribution in [0, 0.1) is 0 Å². The van der Waals surface area contributed by atoms with Gasteiger partial charge in [0.15, 0.2) is 0 Å².